The van der Waals surface area contributed by atoms with Crippen molar-refractivity contribution in [1.29, 1.82) is 0 Å². The van der Waals surface area contributed by atoms with Crippen molar-refractivity contribution < 1.29 is 0 Å². The maximum absolute atomic E-state index is 4.72. The Bertz CT molecular complexity index is 931. The van der Waals surface area contributed by atoms with Crippen molar-refractivity contribution in [3.63, 3.8) is 0 Å². The van der Waals surface area contributed by atoms with E-state index in [0.717, 1.165) is 31.9 Å². The molecule has 2 aromatic heterocycles. The van der Waals surface area contributed by atoms with Gasteiger partial charge in [-0.05, 0) is 55.2 Å². The number of rotatable bonds is 5. The maximum Gasteiger partial charge on any atom is 0.222 e. The number of aromatic nitrogens is 4. The summed E-state index contributed by atoms with van der Waals surface area (Å²) in [7, 11) is 0. The van der Waals surface area contributed by atoms with Gasteiger partial charge in [-0.15, -0.1) is 0 Å². The van der Waals surface area contributed by atoms with Gasteiger partial charge in [-0.25, -0.2) is 9.97 Å². The van der Waals surface area contributed by atoms with E-state index in [1.165, 1.54) is 27.9 Å². The van der Waals surface area contributed by atoms with Gasteiger partial charge in [0.25, 0.3) is 0 Å². The van der Waals surface area contributed by atoms with E-state index < -0.39 is 0 Å². The van der Waals surface area contributed by atoms with Crippen LogP contribution in [0.1, 0.15) is 33.6 Å². The van der Waals surface area contributed by atoms with Crippen molar-refractivity contribution in [3.05, 3.63) is 70.3 Å². The summed E-state index contributed by atoms with van der Waals surface area (Å²) in [4.78, 5) is 10.9. The van der Waals surface area contributed by atoms with Gasteiger partial charge in [0.1, 0.15) is 0 Å². The van der Waals surface area contributed by atoms with Crippen LogP contribution in [0.5, 0.6) is 0 Å². The van der Waals surface area contributed by atoms with Gasteiger partial charge in [-0.3, -0.25) is 9.58 Å². The third kappa shape index (κ3) is 4.01. The minimum absolute atomic E-state index is 0.635. The summed E-state index contributed by atoms with van der Waals surface area (Å²) in [6.45, 7) is 11.1. The van der Waals surface area contributed by atoms with E-state index in [0.29, 0.717) is 12.5 Å². The van der Waals surface area contributed by atoms with Gasteiger partial charge in [-0.2, -0.15) is 5.10 Å². The normalized spacial score (nSPS) is 14.2. The maximum atomic E-state index is 4.72. The number of fused-ring (bicyclic) bond motifs is 1. The highest BCUT2D eigenvalue weighted by atomic mass is 15.3. The first-order chi connectivity index (χ1) is 13.1. The lowest BCUT2D eigenvalue weighted by Gasteiger charge is -2.28. The number of nitrogens with zero attached hydrogens (tertiary/aromatic N) is 5. The van der Waals surface area contributed by atoms with Crippen molar-refractivity contribution in [2.75, 3.05) is 11.9 Å². The summed E-state index contributed by atoms with van der Waals surface area (Å²) in [5, 5.41) is 7.95. The van der Waals surface area contributed by atoms with Crippen molar-refractivity contribution in [2.24, 2.45) is 0 Å². The molecule has 1 aromatic carbocycles. The standard InChI is InChI=1S/C21H26N6/c1-15-9-17(3)18(10-16(15)2)13-26-7-8-27-20(14-26)11-19(25-27)12-24-21-22-5-4-6-23-21/h4-6,9-11H,7-8,12-14H2,1-3H3,(H,22,23,24). The van der Waals surface area contributed by atoms with Crippen LogP contribution in [-0.2, 0) is 26.2 Å². The van der Waals surface area contributed by atoms with Crippen LogP contribution in [0, 0.1) is 20.8 Å². The summed E-state index contributed by atoms with van der Waals surface area (Å²) in [6, 6.07) is 8.64. The van der Waals surface area contributed by atoms with E-state index in [-0.39, 0.29) is 0 Å². The van der Waals surface area contributed by atoms with Crippen LogP contribution in [0.4, 0.5) is 5.95 Å². The molecule has 6 nitrogen and oxygen atoms in total. The molecule has 27 heavy (non-hydrogen) atoms. The second-order valence-corrected chi connectivity index (χ2v) is 7.35. The fourth-order valence-corrected chi connectivity index (χ4v) is 3.59. The molecular weight excluding hydrogens is 336 g/mol. The van der Waals surface area contributed by atoms with Gasteiger partial charge in [0.05, 0.1) is 24.5 Å². The molecule has 4 rings (SSSR count). The highest BCUT2D eigenvalue weighted by molar-refractivity contribution is 5.36. The SMILES string of the molecule is Cc1cc(C)c(CN2CCn3nc(CNc4ncccn4)cc3C2)cc1C. The second kappa shape index (κ2) is 7.48. The van der Waals surface area contributed by atoms with Crippen LogP contribution in [0.2, 0.25) is 0 Å². The van der Waals surface area contributed by atoms with E-state index in [1.807, 2.05) is 6.07 Å². The van der Waals surface area contributed by atoms with Gasteiger partial charge in [0.2, 0.25) is 5.95 Å². The third-order valence-electron chi connectivity index (χ3n) is 5.27. The fourth-order valence-electron chi connectivity index (χ4n) is 3.59. The lowest BCUT2D eigenvalue weighted by atomic mass is 10.0. The van der Waals surface area contributed by atoms with Gasteiger partial charge < -0.3 is 5.32 Å². The Hall–Kier alpha value is -2.73. The number of hydrogen-bond acceptors (Lipinski definition) is 5. The fraction of sp³-hybridized carbons (Fsp3) is 0.381. The molecule has 0 saturated carbocycles. The molecule has 0 atom stereocenters. The third-order valence-corrected chi connectivity index (χ3v) is 5.27. The first-order valence-corrected chi connectivity index (χ1v) is 9.44. The van der Waals surface area contributed by atoms with E-state index in [2.05, 4.69) is 63.8 Å². The Kier molecular flexibility index (Phi) is 4.90. The highest BCUT2D eigenvalue weighted by Gasteiger charge is 2.19. The molecule has 1 aliphatic rings. The molecule has 0 spiro atoms. The van der Waals surface area contributed by atoms with E-state index in [1.54, 1.807) is 12.4 Å². The Morgan fingerprint density at radius 3 is 2.56 bits per heavy atom. The van der Waals surface area contributed by atoms with Gasteiger partial charge in [0.15, 0.2) is 0 Å². The molecule has 0 saturated heterocycles. The van der Waals surface area contributed by atoms with Crippen LogP contribution in [0.3, 0.4) is 0 Å². The summed E-state index contributed by atoms with van der Waals surface area (Å²) < 4.78 is 2.13. The van der Waals surface area contributed by atoms with Gasteiger partial charge in [0, 0.05) is 32.0 Å². The van der Waals surface area contributed by atoms with E-state index in [4.69, 9.17) is 5.10 Å². The number of hydrogen-bond donors (Lipinski definition) is 1. The summed E-state index contributed by atoms with van der Waals surface area (Å²) >= 11 is 0. The van der Waals surface area contributed by atoms with Crippen LogP contribution >= 0.6 is 0 Å². The summed E-state index contributed by atoms with van der Waals surface area (Å²) in [5.74, 6) is 0.635. The van der Waals surface area contributed by atoms with Crippen molar-refractivity contribution >= 4 is 5.95 Å². The van der Waals surface area contributed by atoms with Crippen LogP contribution in [0.15, 0.2) is 36.7 Å². The molecular formula is C21H26N6. The first-order valence-electron chi connectivity index (χ1n) is 9.44. The molecule has 0 aliphatic carbocycles. The molecule has 0 unspecified atom stereocenters. The molecule has 0 fully saturated rings. The van der Waals surface area contributed by atoms with Crippen molar-refractivity contribution in [3.8, 4) is 0 Å². The minimum atomic E-state index is 0.635. The zero-order valence-corrected chi connectivity index (χ0v) is 16.2. The molecule has 3 aromatic rings. The van der Waals surface area contributed by atoms with Crippen molar-refractivity contribution in [1.82, 2.24) is 24.6 Å². The second-order valence-electron chi connectivity index (χ2n) is 7.35. The predicted molar refractivity (Wildman–Crippen MR) is 106 cm³/mol. The molecule has 1 aliphatic heterocycles. The average molecular weight is 362 g/mol. The van der Waals surface area contributed by atoms with Crippen LogP contribution < -0.4 is 5.32 Å². The molecule has 0 bridgehead atoms. The van der Waals surface area contributed by atoms with Gasteiger partial charge >= 0.3 is 0 Å². The van der Waals surface area contributed by atoms with Crippen LogP contribution in [0.25, 0.3) is 0 Å². The summed E-state index contributed by atoms with van der Waals surface area (Å²) in [6.07, 6.45) is 3.47. The average Bonchev–Trinajstić information content (AvgIpc) is 3.07. The molecule has 6 heteroatoms. The smallest absolute Gasteiger partial charge is 0.222 e. The lowest BCUT2D eigenvalue weighted by molar-refractivity contribution is 0.204. The Morgan fingerprint density at radius 1 is 0.963 bits per heavy atom. The topological polar surface area (TPSA) is 58.9 Å². The largest absolute Gasteiger partial charge is 0.348 e. The highest BCUT2D eigenvalue weighted by Crippen LogP contribution is 2.21. The van der Waals surface area contributed by atoms with Crippen molar-refractivity contribution in [2.45, 2.75) is 47.0 Å². The first kappa shape index (κ1) is 17.7. The molecule has 3 heterocycles. The molecule has 0 radical (unpaired) electrons. The zero-order chi connectivity index (χ0) is 18.8. The quantitative estimate of drug-likeness (QED) is 0.755. The van der Waals surface area contributed by atoms with E-state index >= 15 is 0 Å². The summed E-state index contributed by atoms with van der Waals surface area (Å²) in [5.41, 5.74) is 7.84. The number of aryl methyl sites for hydroxylation is 3. The van der Waals surface area contributed by atoms with E-state index in [9.17, 15) is 0 Å². The number of nitrogens with one attached hydrogen (secondary N) is 1. The zero-order valence-electron chi connectivity index (χ0n) is 16.2. The Labute approximate surface area is 160 Å². The Morgan fingerprint density at radius 2 is 1.74 bits per heavy atom. The Balaban J connectivity index is 1.41. The van der Waals surface area contributed by atoms with Gasteiger partial charge in [-0.1, -0.05) is 12.1 Å². The molecule has 0 amide bonds. The predicted octanol–water partition coefficient (Wildman–Crippen LogP) is 3.23. The molecule has 1 N–H and O–H groups in total. The van der Waals surface area contributed by atoms with Crippen LogP contribution in [-0.4, -0.2) is 31.2 Å². The number of benzene rings is 1. The number of anilines is 1. The lowest BCUT2D eigenvalue weighted by Crippen LogP contribution is -2.33. The minimum Gasteiger partial charge on any atom is -0.348 e. The molecule has 140 valence electrons. The monoisotopic (exact) mass is 362 g/mol.